The van der Waals surface area contributed by atoms with E-state index in [-0.39, 0.29) is 30.5 Å². The van der Waals surface area contributed by atoms with E-state index in [1.807, 2.05) is 12.1 Å². The molecule has 0 aliphatic carbocycles. The van der Waals surface area contributed by atoms with Crippen molar-refractivity contribution in [1.82, 2.24) is 20.4 Å². The molecule has 0 unspecified atom stereocenters. The molecule has 0 atom stereocenters. The van der Waals surface area contributed by atoms with Crippen molar-refractivity contribution in [3.63, 3.8) is 0 Å². The Morgan fingerprint density at radius 1 is 0.826 bits per heavy atom. The van der Waals surface area contributed by atoms with Crippen LogP contribution in [0, 0.1) is 0 Å². The van der Waals surface area contributed by atoms with Crippen LogP contribution in [0.1, 0.15) is 41.3 Å². The minimum absolute atomic E-state index is 0.124. The molecular formula is C31H31F3N8O3S. The predicted molar refractivity (Wildman–Crippen MR) is 167 cm³/mol. The normalized spacial score (nSPS) is 15.3. The quantitative estimate of drug-likeness (QED) is 0.238. The van der Waals surface area contributed by atoms with E-state index < -0.39 is 18.0 Å². The Labute approximate surface area is 266 Å². The van der Waals surface area contributed by atoms with Gasteiger partial charge in [0.05, 0.1) is 12.8 Å². The van der Waals surface area contributed by atoms with Crippen LogP contribution in [0.3, 0.4) is 0 Å². The Bertz CT molecular complexity index is 1670. The molecule has 0 spiro atoms. The maximum absolute atomic E-state index is 12.7. The van der Waals surface area contributed by atoms with Crippen LogP contribution in [0.25, 0.3) is 0 Å². The summed E-state index contributed by atoms with van der Waals surface area (Å²) in [6.07, 6.45) is -1.85. The number of carbonyl (C=O) groups excluding carboxylic acids is 2. The lowest BCUT2D eigenvalue weighted by molar-refractivity contribution is -0.274. The molecule has 0 radical (unpaired) electrons. The van der Waals surface area contributed by atoms with Crippen molar-refractivity contribution in [2.75, 3.05) is 46.6 Å². The second-order valence-corrected chi connectivity index (χ2v) is 12.1. The van der Waals surface area contributed by atoms with Gasteiger partial charge in [0.1, 0.15) is 10.8 Å². The molecule has 2 aromatic heterocycles. The van der Waals surface area contributed by atoms with Gasteiger partial charge in [-0.15, -0.1) is 33.6 Å². The molecule has 2 aliphatic rings. The van der Waals surface area contributed by atoms with Crippen molar-refractivity contribution in [3.05, 3.63) is 76.8 Å². The third-order valence-electron chi connectivity index (χ3n) is 7.77. The van der Waals surface area contributed by atoms with Crippen LogP contribution in [0.5, 0.6) is 5.75 Å². The summed E-state index contributed by atoms with van der Waals surface area (Å²) >= 11 is 1.40. The lowest BCUT2D eigenvalue weighted by atomic mass is 9.98. The highest BCUT2D eigenvalue weighted by Gasteiger charge is 2.31. The number of nitrogens with one attached hydrogen (secondary N) is 2. The van der Waals surface area contributed by atoms with E-state index in [9.17, 15) is 22.8 Å². The van der Waals surface area contributed by atoms with Crippen molar-refractivity contribution in [2.24, 2.45) is 0 Å². The zero-order valence-corrected chi connectivity index (χ0v) is 25.5. The van der Waals surface area contributed by atoms with Gasteiger partial charge >= 0.3 is 6.36 Å². The van der Waals surface area contributed by atoms with Crippen molar-refractivity contribution >= 4 is 45.6 Å². The Morgan fingerprint density at radius 3 is 2.22 bits per heavy atom. The van der Waals surface area contributed by atoms with Gasteiger partial charge in [-0.1, -0.05) is 35.6 Å². The van der Waals surface area contributed by atoms with Crippen molar-refractivity contribution in [2.45, 2.75) is 44.4 Å². The first-order chi connectivity index (χ1) is 22.2. The minimum Gasteiger partial charge on any atom is -0.406 e. The van der Waals surface area contributed by atoms with Gasteiger partial charge in [0, 0.05) is 37.8 Å². The van der Waals surface area contributed by atoms with Crippen LogP contribution >= 0.6 is 11.3 Å². The van der Waals surface area contributed by atoms with Gasteiger partial charge in [-0.25, -0.2) is 0 Å². The van der Waals surface area contributed by atoms with Crippen LogP contribution in [-0.2, 0) is 22.4 Å². The molecule has 4 heterocycles. The zero-order chi connectivity index (χ0) is 32.1. The Hall–Kier alpha value is -4.79. The second-order valence-electron chi connectivity index (χ2n) is 11.1. The number of carbonyl (C=O) groups is 2. The highest BCUT2D eigenvalue weighted by Crippen LogP contribution is 2.33. The highest BCUT2D eigenvalue weighted by molar-refractivity contribution is 7.15. The van der Waals surface area contributed by atoms with E-state index in [2.05, 4.69) is 57.7 Å². The number of aromatic nitrogens is 4. The number of nitrogens with zero attached hydrogens (tertiary/aromatic N) is 6. The fourth-order valence-electron chi connectivity index (χ4n) is 5.38. The fraction of sp³-hybridized carbons (Fsp3) is 0.355. The van der Waals surface area contributed by atoms with E-state index in [0.29, 0.717) is 16.5 Å². The average molecular weight is 653 g/mol. The lowest BCUT2D eigenvalue weighted by Crippen LogP contribution is -2.36. The minimum atomic E-state index is -4.81. The number of hydrogen-bond acceptors (Lipinski definition) is 10. The van der Waals surface area contributed by atoms with E-state index >= 15 is 0 Å². The van der Waals surface area contributed by atoms with Crippen LogP contribution in [-0.4, -0.2) is 64.8 Å². The molecule has 2 aromatic carbocycles. The van der Waals surface area contributed by atoms with Crippen molar-refractivity contribution < 1.29 is 27.5 Å². The molecule has 15 heteroatoms. The van der Waals surface area contributed by atoms with Gasteiger partial charge in [0.15, 0.2) is 11.6 Å². The van der Waals surface area contributed by atoms with E-state index in [0.717, 1.165) is 55.3 Å². The number of alkyl halides is 3. The van der Waals surface area contributed by atoms with Crippen molar-refractivity contribution in [3.8, 4) is 5.75 Å². The fourth-order valence-corrected chi connectivity index (χ4v) is 6.31. The summed E-state index contributed by atoms with van der Waals surface area (Å²) in [5.74, 6) is 0.144. The Kier molecular flexibility index (Phi) is 9.28. The predicted octanol–water partition coefficient (Wildman–Crippen LogP) is 5.18. The first-order valence-corrected chi connectivity index (χ1v) is 15.7. The molecule has 2 aliphatic heterocycles. The number of anilines is 4. The molecule has 11 nitrogen and oxygen atoms in total. The summed E-state index contributed by atoms with van der Waals surface area (Å²) in [4.78, 5) is 29.5. The van der Waals surface area contributed by atoms with Crippen LogP contribution in [0.4, 0.5) is 35.6 Å². The SMILES string of the molecule is O=C(Cc1cccc(OC(F)(F)F)c1)Nc1ccc(N2CCC(c3nnc(NC(=O)Cc4cccc(N5CCC5)c4)s3)CC2)nn1. The summed E-state index contributed by atoms with van der Waals surface area (Å²) in [6.45, 7) is 3.54. The first-order valence-electron chi connectivity index (χ1n) is 14.9. The third-order valence-corrected chi connectivity index (χ3v) is 8.77. The molecule has 0 saturated carbocycles. The molecule has 2 saturated heterocycles. The van der Waals surface area contributed by atoms with E-state index in [4.69, 9.17) is 0 Å². The van der Waals surface area contributed by atoms with E-state index in [1.54, 1.807) is 12.1 Å². The molecule has 6 rings (SSSR count). The van der Waals surface area contributed by atoms with E-state index in [1.165, 1.54) is 42.0 Å². The van der Waals surface area contributed by atoms with Gasteiger partial charge in [0.25, 0.3) is 0 Å². The van der Waals surface area contributed by atoms with Gasteiger partial charge < -0.3 is 25.2 Å². The summed E-state index contributed by atoms with van der Waals surface area (Å²) in [5, 5.41) is 23.8. The number of rotatable bonds is 10. The molecule has 240 valence electrons. The Balaban J connectivity index is 0.953. The number of benzene rings is 2. The number of piperidine rings is 1. The van der Waals surface area contributed by atoms with Crippen LogP contribution < -0.4 is 25.2 Å². The van der Waals surface area contributed by atoms with Crippen LogP contribution in [0.15, 0.2) is 60.7 Å². The molecule has 2 N–H and O–H groups in total. The molecule has 4 aromatic rings. The average Bonchev–Trinajstić information content (AvgIpc) is 3.44. The molecule has 0 bridgehead atoms. The maximum Gasteiger partial charge on any atom is 0.573 e. The zero-order valence-electron chi connectivity index (χ0n) is 24.7. The summed E-state index contributed by atoms with van der Waals surface area (Å²) in [7, 11) is 0. The largest absolute Gasteiger partial charge is 0.573 e. The third kappa shape index (κ3) is 8.27. The smallest absolute Gasteiger partial charge is 0.406 e. The second kappa shape index (κ2) is 13.7. The first kappa shape index (κ1) is 31.2. The summed E-state index contributed by atoms with van der Waals surface area (Å²) in [5.41, 5.74) is 2.47. The lowest BCUT2D eigenvalue weighted by Gasteiger charge is -2.33. The standard InChI is InChI=1S/C31H31F3N8O3S/c32-31(33,34)45-24-7-2-5-21(17-24)19-27(43)35-25-8-9-26(38-37-25)42-14-10-22(11-15-42)29-39-40-30(46-29)36-28(44)18-20-4-1-6-23(16-20)41-12-3-13-41/h1-2,4-9,16-17,22H,3,10-15,18-19H2,(H,35,37,43)(H,36,40,44). The number of hydrogen-bond donors (Lipinski definition) is 2. The number of amides is 2. The molecule has 2 fully saturated rings. The van der Waals surface area contributed by atoms with Gasteiger partial charge in [-0.05, 0) is 66.8 Å². The Morgan fingerprint density at radius 2 is 1.54 bits per heavy atom. The van der Waals surface area contributed by atoms with Gasteiger partial charge in [-0.2, -0.15) is 0 Å². The van der Waals surface area contributed by atoms with Crippen LogP contribution in [0.2, 0.25) is 0 Å². The topological polar surface area (TPSA) is 125 Å². The van der Waals surface area contributed by atoms with Crippen molar-refractivity contribution in [1.29, 1.82) is 0 Å². The number of halogens is 3. The summed E-state index contributed by atoms with van der Waals surface area (Å²) < 4.78 is 41.3. The van der Waals surface area contributed by atoms with Gasteiger partial charge in [-0.3, -0.25) is 9.59 Å². The summed E-state index contributed by atoms with van der Waals surface area (Å²) in [6, 6.07) is 16.7. The molecule has 46 heavy (non-hydrogen) atoms. The maximum atomic E-state index is 12.7. The highest BCUT2D eigenvalue weighted by atomic mass is 32.1. The van der Waals surface area contributed by atoms with Gasteiger partial charge in [0.2, 0.25) is 16.9 Å². The monoisotopic (exact) mass is 652 g/mol. The number of ether oxygens (including phenoxy) is 1. The molecular weight excluding hydrogens is 621 g/mol. The molecule has 2 amide bonds.